The molecule has 2 aliphatic heterocycles. The summed E-state index contributed by atoms with van der Waals surface area (Å²) in [4.78, 5) is 33.5. The highest BCUT2D eigenvalue weighted by atomic mass is 32.1. The number of hydrogen-bond donors (Lipinski definition) is 1. The molecule has 1 saturated heterocycles. The molecule has 0 bridgehead atoms. The molecule has 2 aliphatic rings. The number of carbonyl (C=O) groups is 2. The Bertz CT molecular complexity index is 1920. The summed E-state index contributed by atoms with van der Waals surface area (Å²) >= 11 is 1.32. The molecule has 1 atom stereocenters. The Morgan fingerprint density at radius 1 is 0.953 bits per heavy atom. The zero-order valence-corrected chi connectivity index (χ0v) is 24.0. The molecule has 0 spiro atoms. The van der Waals surface area contributed by atoms with Crippen LogP contribution in [0.15, 0.2) is 96.6 Å². The van der Waals surface area contributed by atoms with Crippen molar-refractivity contribution in [3.63, 3.8) is 0 Å². The molecule has 3 heterocycles. The third-order valence-electron chi connectivity index (χ3n) is 7.42. The van der Waals surface area contributed by atoms with Crippen molar-refractivity contribution < 1.29 is 28.9 Å². The molecule has 7 rings (SSSR count). The molecule has 1 amide bonds. The van der Waals surface area contributed by atoms with E-state index in [2.05, 4.69) is 0 Å². The molecule has 1 aromatic heterocycles. The molecular weight excluding hydrogens is 564 g/mol. The molecule has 0 radical (unpaired) electrons. The topological polar surface area (TPSA) is 98.2 Å². The number of aliphatic hydroxyl groups excluding tert-OH is 1. The first kappa shape index (κ1) is 26.7. The number of aromatic nitrogens is 1. The predicted molar refractivity (Wildman–Crippen MR) is 164 cm³/mol. The average molecular weight is 591 g/mol. The Hall–Kier alpha value is -5.15. The minimum atomic E-state index is -0.949. The van der Waals surface area contributed by atoms with Crippen molar-refractivity contribution in [3.8, 4) is 17.2 Å². The SMILES string of the molecule is Cc1ccc2nc(N3C(=O)C(=O)C(=C(O)c4ccc5c(c4)OCCO5)[C@H]3c3cccc(OCc4ccccc4)c3)sc2c1. The normalized spacial score (nSPS) is 17.4. The summed E-state index contributed by atoms with van der Waals surface area (Å²) in [7, 11) is 0. The van der Waals surface area contributed by atoms with Crippen LogP contribution in [0.1, 0.15) is 28.3 Å². The van der Waals surface area contributed by atoms with Crippen LogP contribution in [0.5, 0.6) is 17.2 Å². The van der Waals surface area contributed by atoms with Crippen LogP contribution in [-0.4, -0.2) is 35.0 Å². The van der Waals surface area contributed by atoms with Gasteiger partial charge in [0.1, 0.15) is 31.3 Å². The fourth-order valence-corrected chi connectivity index (χ4v) is 6.42. The summed E-state index contributed by atoms with van der Waals surface area (Å²) in [6.45, 7) is 3.13. The lowest BCUT2D eigenvalue weighted by atomic mass is 9.95. The molecule has 8 nitrogen and oxygen atoms in total. The summed E-state index contributed by atoms with van der Waals surface area (Å²) in [5, 5.41) is 12.0. The number of ether oxygens (including phenoxy) is 3. The highest BCUT2D eigenvalue weighted by Gasteiger charge is 2.48. The maximum atomic E-state index is 13.7. The van der Waals surface area contributed by atoms with Crippen LogP contribution in [0.2, 0.25) is 0 Å². The van der Waals surface area contributed by atoms with Crippen molar-refractivity contribution >= 4 is 44.1 Å². The van der Waals surface area contributed by atoms with E-state index in [4.69, 9.17) is 19.2 Å². The molecule has 0 aliphatic carbocycles. The van der Waals surface area contributed by atoms with E-state index in [0.29, 0.717) is 53.3 Å². The second-order valence-corrected chi connectivity index (χ2v) is 11.4. The maximum absolute atomic E-state index is 13.7. The van der Waals surface area contributed by atoms with Crippen molar-refractivity contribution in [2.75, 3.05) is 18.1 Å². The second-order valence-electron chi connectivity index (χ2n) is 10.3. The number of fused-ring (bicyclic) bond motifs is 2. The van der Waals surface area contributed by atoms with Gasteiger partial charge in [-0.05, 0) is 66.1 Å². The van der Waals surface area contributed by atoms with Crippen LogP contribution in [0.3, 0.4) is 0 Å². The van der Waals surface area contributed by atoms with Gasteiger partial charge in [0.15, 0.2) is 16.6 Å². The van der Waals surface area contributed by atoms with E-state index in [1.165, 1.54) is 16.2 Å². The van der Waals surface area contributed by atoms with Crippen LogP contribution in [0.25, 0.3) is 16.0 Å². The van der Waals surface area contributed by atoms with E-state index in [-0.39, 0.29) is 11.3 Å². The molecule has 1 N–H and O–H groups in total. The van der Waals surface area contributed by atoms with Crippen molar-refractivity contribution in [2.24, 2.45) is 0 Å². The first-order valence-corrected chi connectivity index (χ1v) is 14.6. The molecule has 9 heteroatoms. The summed E-state index contributed by atoms with van der Waals surface area (Å²) < 4.78 is 18.3. The molecule has 4 aromatic carbocycles. The zero-order valence-electron chi connectivity index (χ0n) is 23.2. The van der Waals surface area contributed by atoms with Gasteiger partial charge in [0.2, 0.25) is 0 Å². The van der Waals surface area contributed by atoms with Crippen LogP contribution in [0, 0.1) is 6.92 Å². The maximum Gasteiger partial charge on any atom is 0.301 e. The third kappa shape index (κ3) is 4.97. The van der Waals surface area contributed by atoms with Crippen molar-refractivity contribution in [2.45, 2.75) is 19.6 Å². The molecule has 0 unspecified atom stereocenters. The van der Waals surface area contributed by atoms with Crippen molar-refractivity contribution in [3.05, 3.63) is 119 Å². The second kappa shape index (κ2) is 10.9. The minimum absolute atomic E-state index is 0.0441. The van der Waals surface area contributed by atoms with E-state index in [9.17, 15) is 14.7 Å². The number of ketones is 1. The van der Waals surface area contributed by atoms with E-state index in [0.717, 1.165) is 21.3 Å². The molecular formula is C34H26N2O6S. The number of thiazole rings is 1. The molecule has 1 fully saturated rings. The zero-order chi connectivity index (χ0) is 29.5. The lowest BCUT2D eigenvalue weighted by molar-refractivity contribution is -0.132. The molecule has 214 valence electrons. The van der Waals surface area contributed by atoms with Gasteiger partial charge < -0.3 is 19.3 Å². The quantitative estimate of drug-likeness (QED) is 0.136. The number of rotatable bonds is 6. The number of aryl methyl sites for hydroxylation is 1. The number of carbonyl (C=O) groups excluding carboxylic acids is 2. The van der Waals surface area contributed by atoms with E-state index in [1.807, 2.05) is 73.7 Å². The number of benzene rings is 4. The van der Waals surface area contributed by atoms with Gasteiger partial charge in [-0.1, -0.05) is 59.9 Å². The Labute approximate surface area is 251 Å². The van der Waals surface area contributed by atoms with E-state index in [1.54, 1.807) is 24.3 Å². The number of anilines is 1. The van der Waals surface area contributed by atoms with Gasteiger partial charge >= 0.3 is 5.91 Å². The van der Waals surface area contributed by atoms with Gasteiger partial charge in [-0.15, -0.1) is 0 Å². The van der Waals surface area contributed by atoms with Gasteiger partial charge in [-0.25, -0.2) is 4.98 Å². The Morgan fingerprint density at radius 2 is 1.77 bits per heavy atom. The van der Waals surface area contributed by atoms with Crippen LogP contribution < -0.4 is 19.1 Å². The lowest BCUT2D eigenvalue weighted by Crippen LogP contribution is -2.29. The van der Waals surface area contributed by atoms with Gasteiger partial charge in [0.05, 0.1) is 21.8 Å². The molecule has 43 heavy (non-hydrogen) atoms. The minimum Gasteiger partial charge on any atom is -0.507 e. The number of Topliss-reactive ketones (excluding diaryl/α,β-unsaturated/α-hetero) is 1. The molecule has 5 aromatic rings. The monoisotopic (exact) mass is 590 g/mol. The number of aliphatic hydroxyl groups is 1. The number of nitrogens with zero attached hydrogens (tertiary/aromatic N) is 2. The van der Waals surface area contributed by atoms with Gasteiger partial charge in [-0.3, -0.25) is 14.5 Å². The Morgan fingerprint density at radius 3 is 2.60 bits per heavy atom. The third-order valence-corrected chi connectivity index (χ3v) is 8.44. The first-order valence-electron chi connectivity index (χ1n) is 13.8. The van der Waals surface area contributed by atoms with Crippen LogP contribution in [0.4, 0.5) is 5.13 Å². The van der Waals surface area contributed by atoms with Gasteiger partial charge in [0.25, 0.3) is 5.78 Å². The van der Waals surface area contributed by atoms with Crippen molar-refractivity contribution in [1.82, 2.24) is 4.98 Å². The molecule has 0 saturated carbocycles. The van der Waals surface area contributed by atoms with Gasteiger partial charge in [-0.2, -0.15) is 0 Å². The highest BCUT2D eigenvalue weighted by molar-refractivity contribution is 7.22. The van der Waals surface area contributed by atoms with E-state index >= 15 is 0 Å². The Kier molecular flexibility index (Phi) is 6.79. The summed E-state index contributed by atoms with van der Waals surface area (Å²) in [5.74, 6) is -0.313. The van der Waals surface area contributed by atoms with E-state index < -0.39 is 17.7 Å². The van der Waals surface area contributed by atoms with Gasteiger partial charge in [0, 0.05) is 5.56 Å². The van der Waals surface area contributed by atoms with Crippen LogP contribution in [-0.2, 0) is 16.2 Å². The van der Waals surface area contributed by atoms with Crippen molar-refractivity contribution in [1.29, 1.82) is 0 Å². The highest BCUT2D eigenvalue weighted by Crippen LogP contribution is 2.45. The summed E-state index contributed by atoms with van der Waals surface area (Å²) in [6.07, 6.45) is 0. The fraction of sp³-hybridized carbons (Fsp3) is 0.147. The average Bonchev–Trinajstić information content (AvgIpc) is 3.57. The largest absolute Gasteiger partial charge is 0.507 e. The first-order chi connectivity index (χ1) is 21.0. The summed E-state index contributed by atoms with van der Waals surface area (Å²) in [6, 6.07) is 26.8. The fourth-order valence-electron chi connectivity index (χ4n) is 5.33. The smallest absolute Gasteiger partial charge is 0.301 e. The predicted octanol–water partition coefficient (Wildman–Crippen LogP) is 6.58. The number of amides is 1. The lowest BCUT2D eigenvalue weighted by Gasteiger charge is -2.24. The van der Waals surface area contributed by atoms with Crippen LogP contribution >= 0.6 is 11.3 Å². The number of hydrogen-bond acceptors (Lipinski definition) is 8. The standard InChI is InChI=1S/C34H26N2O6S/c1-20-10-12-25-28(16-20)43-34(35-25)36-30(22-8-5-9-24(17-22)42-19-21-6-3-2-4-7-21)29(32(38)33(36)39)31(37)23-11-13-26-27(18-23)41-15-14-40-26/h2-13,16-18,30,37H,14-15,19H2,1H3/t30-/m1/s1. The summed E-state index contributed by atoms with van der Waals surface area (Å²) in [5.41, 5.74) is 3.67. The Balaban J connectivity index is 1.35.